The molecule has 4 atom stereocenters. The molecule has 2 amide bonds. The van der Waals surface area contributed by atoms with Gasteiger partial charge in [-0.25, -0.2) is 5.01 Å². The molecule has 9 heteroatoms. The Morgan fingerprint density at radius 2 is 1.64 bits per heavy atom. The third kappa shape index (κ3) is 8.14. The number of hydrogen-bond acceptors (Lipinski definition) is 5. The van der Waals surface area contributed by atoms with Gasteiger partial charge in [0.1, 0.15) is 0 Å². The van der Waals surface area contributed by atoms with Crippen LogP contribution in [0.5, 0.6) is 0 Å². The van der Waals surface area contributed by atoms with Crippen LogP contribution in [0.4, 0.5) is 9.80 Å². The number of benzene rings is 3. The minimum Gasteiger partial charge on any atom is -0.395 e. The van der Waals surface area contributed by atoms with E-state index in [9.17, 15) is 14.7 Å². The molecule has 0 bridgehead atoms. The quantitative estimate of drug-likeness (QED) is 0.183. The van der Waals surface area contributed by atoms with Crippen LogP contribution < -0.4 is 5.01 Å². The van der Waals surface area contributed by atoms with Crippen molar-refractivity contribution in [3.63, 3.8) is 0 Å². The van der Waals surface area contributed by atoms with Gasteiger partial charge in [-0.05, 0) is 60.7 Å². The predicted octanol–water partition coefficient (Wildman–Crippen LogP) is 6.51. The van der Waals surface area contributed by atoms with E-state index >= 15 is 4.11 Å². The number of carbonyl (C=O) groups excluding carboxylic acids is 2. The molecule has 3 aromatic carbocycles. The first kappa shape index (κ1) is 32.7. The number of aliphatic hydroxyl groups is 1. The van der Waals surface area contributed by atoms with Gasteiger partial charge < -0.3 is 18.9 Å². The normalized spacial score (nSPS) is 21.9. The molecule has 7 nitrogen and oxygen atoms in total. The van der Waals surface area contributed by atoms with Gasteiger partial charge in [0.2, 0.25) is 20.2 Å². The molecule has 0 unspecified atom stereocenters. The number of nitrogens with zero attached hydrogens (tertiary/aromatic N) is 3. The minimum atomic E-state index is -3.15. The number of aliphatic hydroxyl groups excluding tert-OH is 1. The van der Waals surface area contributed by atoms with Gasteiger partial charge in [0, 0.05) is 31.5 Å². The van der Waals surface area contributed by atoms with Gasteiger partial charge in [-0.3, -0.25) is 9.59 Å². The maximum Gasteiger partial charge on any atom is 0.247 e. The van der Waals surface area contributed by atoms with Crippen molar-refractivity contribution >= 4 is 31.6 Å². The Kier molecular flexibility index (Phi) is 10.6. The molecule has 2 aliphatic heterocycles. The maximum absolute atomic E-state index is 15.7. The fourth-order valence-corrected chi connectivity index (χ4v) is 9.34. The largest absolute Gasteiger partial charge is 0.395 e. The summed E-state index contributed by atoms with van der Waals surface area (Å²) < 4.78 is 22.2. The van der Waals surface area contributed by atoms with Crippen molar-refractivity contribution in [3.8, 4) is 0 Å². The summed E-state index contributed by atoms with van der Waals surface area (Å²) >= 11 is 0. The summed E-state index contributed by atoms with van der Waals surface area (Å²) in [6.07, 6.45) is 1.90. The summed E-state index contributed by atoms with van der Waals surface area (Å²) in [6.45, 7) is 5.94. The summed E-state index contributed by atoms with van der Waals surface area (Å²) in [7, 11) is -3.15. The lowest BCUT2D eigenvalue weighted by Gasteiger charge is -2.30. The zero-order valence-electron chi connectivity index (χ0n) is 26.4. The Bertz CT molecular complexity index is 1460. The molecular formula is C36H44FN3O4Si. The first-order valence-corrected chi connectivity index (χ1v) is 18.9. The van der Waals surface area contributed by atoms with Crippen LogP contribution >= 0.6 is 0 Å². The number of aryl methyl sites for hydroxylation is 1. The van der Waals surface area contributed by atoms with Gasteiger partial charge >= 0.3 is 0 Å². The zero-order chi connectivity index (χ0) is 32.0. The fraction of sp³-hybridized carbons (Fsp3) is 0.417. The molecule has 1 N–H and O–H groups in total. The van der Waals surface area contributed by atoms with Crippen molar-refractivity contribution in [2.24, 2.45) is 11.0 Å². The maximum atomic E-state index is 15.7. The summed E-state index contributed by atoms with van der Waals surface area (Å²) in [6, 6.07) is 27.5. The van der Waals surface area contributed by atoms with Gasteiger partial charge in [-0.1, -0.05) is 79.7 Å². The summed E-state index contributed by atoms with van der Waals surface area (Å²) in [4.78, 5) is 27.8. The Balaban J connectivity index is 1.23. The lowest BCUT2D eigenvalue weighted by Crippen LogP contribution is -2.40. The standard InChI is InChI=1S/C36H44FN3O4Si/c1-26-32(44-33(36(26)45(2,3)37)24-35(43)39(22-23-41)25-28-10-6-4-7-11-28)20-16-27-14-17-30(18-15-27)40-34(42)21-19-31(38-40)29-12-8-5-9-13-29/h4-15,17-18,26,32-33,36,41H,16,19-25H2,1-3H3/t26-,32+,33-,36+/m0/s1. The molecule has 0 aliphatic carbocycles. The number of amides is 2. The van der Waals surface area contributed by atoms with E-state index < -0.39 is 14.5 Å². The second-order valence-electron chi connectivity index (χ2n) is 12.7. The number of halogens is 1. The van der Waals surface area contributed by atoms with E-state index in [1.807, 2.05) is 84.9 Å². The SMILES string of the molecule is C[C@@H]1[C@@H]([Si](C)(C)F)[C@H](CC(=O)N(CCO)Cc2ccccc2)O[C@@H]1CCc1ccc(N2N=C(c3ccccc3)CCC2=O)cc1. The van der Waals surface area contributed by atoms with Crippen molar-refractivity contribution < 1.29 is 23.5 Å². The Morgan fingerprint density at radius 1 is 0.978 bits per heavy atom. The van der Waals surface area contributed by atoms with Crippen LogP contribution in [0.1, 0.15) is 49.3 Å². The fourth-order valence-electron chi connectivity index (χ4n) is 6.80. The van der Waals surface area contributed by atoms with Gasteiger partial charge in [0.15, 0.2) is 0 Å². The van der Waals surface area contributed by atoms with Crippen LogP contribution in [-0.2, 0) is 27.3 Å². The Morgan fingerprint density at radius 3 is 2.29 bits per heavy atom. The van der Waals surface area contributed by atoms with Crippen LogP contribution in [0.15, 0.2) is 90.0 Å². The lowest BCUT2D eigenvalue weighted by molar-refractivity contribution is -0.135. The van der Waals surface area contributed by atoms with Crippen LogP contribution in [0.25, 0.3) is 0 Å². The summed E-state index contributed by atoms with van der Waals surface area (Å²) in [5.41, 5.74) is 4.42. The van der Waals surface area contributed by atoms with Gasteiger partial charge in [-0.15, -0.1) is 0 Å². The molecule has 2 aliphatic rings. The van der Waals surface area contributed by atoms with Gasteiger partial charge in [-0.2, -0.15) is 5.10 Å². The summed E-state index contributed by atoms with van der Waals surface area (Å²) in [5, 5.41) is 15.8. The molecule has 45 heavy (non-hydrogen) atoms. The van der Waals surface area contributed by atoms with Crippen LogP contribution in [0.2, 0.25) is 18.6 Å². The van der Waals surface area contributed by atoms with Gasteiger partial charge in [0.05, 0.1) is 36.6 Å². The molecule has 5 rings (SSSR count). The molecule has 3 aromatic rings. The third-order valence-electron chi connectivity index (χ3n) is 9.05. The van der Waals surface area contributed by atoms with Crippen LogP contribution in [-0.4, -0.2) is 61.3 Å². The second kappa shape index (κ2) is 14.6. The molecule has 0 spiro atoms. The highest BCUT2D eigenvalue weighted by molar-refractivity contribution is 6.72. The highest BCUT2D eigenvalue weighted by Gasteiger charge is 2.51. The molecule has 238 valence electrons. The van der Waals surface area contributed by atoms with Gasteiger partial charge in [0.25, 0.3) is 0 Å². The van der Waals surface area contributed by atoms with Crippen LogP contribution in [0, 0.1) is 5.92 Å². The molecule has 2 heterocycles. The average molecular weight is 630 g/mol. The molecule has 1 saturated heterocycles. The molecule has 1 fully saturated rings. The van der Waals surface area contributed by atoms with Crippen molar-refractivity contribution in [1.29, 1.82) is 0 Å². The zero-order valence-corrected chi connectivity index (χ0v) is 27.4. The number of ether oxygens (including phenoxy) is 1. The first-order chi connectivity index (χ1) is 21.6. The minimum absolute atomic E-state index is 0.0223. The van der Waals surface area contributed by atoms with E-state index in [1.54, 1.807) is 18.0 Å². The Labute approximate surface area is 266 Å². The predicted molar refractivity (Wildman–Crippen MR) is 178 cm³/mol. The van der Waals surface area contributed by atoms with E-state index in [0.29, 0.717) is 25.8 Å². The average Bonchev–Trinajstić information content (AvgIpc) is 3.36. The monoisotopic (exact) mass is 629 g/mol. The van der Waals surface area contributed by atoms with E-state index in [2.05, 4.69) is 12.0 Å². The smallest absolute Gasteiger partial charge is 0.247 e. The molecular weight excluding hydrogens is 585 g/mol. The number of carbonyl (C=O) groups is 2. The number of anilines is 1. The van der Waals surface area contributed by atoms with Crippen LogP contribution in [0.3, 0.4) is 0 Å². The lowest BCUT2D eigenvalue weighted by atomic mass is 9.95. The Hall–Kier alpha value is -3.66. The van der Waals surface area contributed by atoms with E-state index in [4.69, 9.17) is 4.74 Å². The highest BCUT2D eigenvalue weighted by atomic mass is 28.4. The number of hydrogen-bond donors (Lipinski definition) is 1. The number of rotatable bonds is 12. The van der Waals surface area contributed by atoms with Crippen molar-refractivity contribution in [2.75, 3.05) is 18.2 Å². The van der Waals surface area contributed by atoms with Crippen molar-refractivity contribution in [1.82, 2.24) is 4.90 Å². The summed E-state index contributed by atoms with van der Waals surface area (Å²) in [5.74, 6) is -0.178. The topological polar surface area (TPSA) is 82.4 Å². The second-order valence-corrected chi connectivity index (χ2v) is 16.5. The van der Waals surface area contributed by atoms with E-state index in [0.717, 1.165) is 34.5 Å². The van der Waals surface area contributed by atoms with Crippen molar-refractivity contribution in [2.45, 2.75) is 76.4 Å². The molecule has 0 aromatic heterocycles. The highest BCUT2D eigenvalue weighted by Crippen LogP contribution is 2.47. The molecule has 0 saturated carbocycles. The first-order valence-electron chi connectivity index (χ1n) is 16.0. The van der Waals surface area contributed by atoms with E-state index in [1.165, 1.54) is 5.01 Å². The molecule has 0 radical (unpaired) electrons. The van der Waals surface area contributed by atoms with Crippen molar-refractivity contribution in [3.05, 3.63) is 102 Å². The number of hydrazone groups is 1. The third-order valence-corrected chi connectivity index (χ3v) is 11.5. The van der Waals surface area contributed by atoms with E-state index in [-0.39, 0.29) is 48.9 Å².